The summed E-state index contributed by atoms with van der Waals surface area (Å²) in [7, 11) is 0. The summed E-state index contributed by atoms with van der Waals surface area (Å²) in [6, 6.07) is 5.90. The van der Waals surface area contributed by atoms with E-state index in [0.29, 0.717) is 19.0 Å². The molecule has 5 nitrogen and oxygen atoms in total. The molecular formula is C16H23FN4O. The first kappa shape index (κ1) is 16.3. The Bertz CT molecular complexity index is 539. The molecule has 1 aromatic rings. The standard InChI is InChI=1S/C16H23FN4O/c1-12-6-10-21(11-7-12)16(18)20-9-8-19-15(22)13-4-2-3-5-14(13)17/h2-5,12H,6-11H2,1H3,(H2,18,20)(H,19,22). The highest BCUT2D eigenvalue weighted by Gasteiger charge is 2.16. The predicted molar refractivity (Wildman–Crippen MR) is 85.2 cm³/mol. The molecule has 1 amide bonds. The summed E-state index contributed by atoms with van der Waals surface area (Å²) in [5.74, 6) is 0.306. The van der Waals surface area contributed by atoms with Gasteiger partial charge in [0.2, 0.25) is 0 Å². The van der Waals surface area contributed by atoms with Gasteiger partial charge in [0.1, 0.15) is 5.82 Å². The number of piperidine rings is 1. The fourth-order valence-electron chi connectivity index (χ4n) is 2.42. The molecule has 0 unspecified atom stereocenters. The molecule has 3 N–H and O–H groups in total. The fraction of sp³-hybridized carbons (Fsp3) is 0.500. The van der Waals surface area contributed by atoms with Crippen molar-refractivity contribution in [3.05, 3.63) is 35.6 Å². The molecule has 2 rings (SSSR count). The van der Waals surface area contributed by atoms with E-state index in [1.165, 1.54) is 12.1 Å². The van der Waals surface area contributed by atoms with Crippen LogP contribution in [0.1, 0.15) is 30.1 Å². The molecule has 0 aromatic heterocycles. The zero-order chi connectivity index (χ0) is 15.9. The monoisotopic (exact) mass is 306 g/mol. The zero-order valence-electron chi connectivity index (χ0n) is 12.9. The SMILES string of the molecule is CC1CCN(C(N)=NCCNC(=O)c2ccccc2F)CC1. The lowest BCUT2D eigenvalue weighted by Gasteiger charge is -2.31. The van der Waals surface area contributed by atoms with Crippen molar-refractivity contribution in [2.24, 2.45) is 16.6 Å². The van der Waals surface area contributed by atoms with Crippen LogP contribution in [0.25, 0.3) is 0 Å². The number of rotatable bonds is 4. The molecule has 1 aliphatic heterocycles. The number of carbonyl (C=O) groups is 1. The van der Waals surface area contributed by atoms with Crippen LogP contribution in [0, 0.1) is 11.7 Å². The number of nitrogens with one attached hydrogen (secondary N) is 1. The molecule has 22 heavy (non-hydrogen) atoms. The van der Waals surface area contributed by atoms with Gasteiger partial charge in [0.05, 0.1) is 12.1 Å². The average Bonchev–Trinajstić information content (AvgIpc) is 2.52. The third-order valence-corrected chi connectivity index (χ3v) is 3.90. The van der Waals surface area contributed by atoms with Gasteiger partial charge in [-0.1, -0.05) is 19.1 Å². The van der Waals surface area contributed by atoms with Gasteiger partial charge in [0.15, 0.2) is 5.96 Å². The Morgan fingerprint density at radius 1 is 1.41 bits per heavy atom. The first-order valence-electron chi connectivity index (χ1n) is 7.65. The van der Waals surface area contributed by atoms with Crippen molar-refractivity contribution in [3.8, 4) is 0 Å². The van der Waals surface area contributed by atoms with Gasteiger partial charge in [0.25, 0.3) is 5.91 Å². The molecule has 1 aromatic carbocycles. The van der Waals surface area contributed by atoms with Gasteiger partial charge >= 0.3 is 0 Å². The van der Waals surface area contributed by atoms with Crippen molar-refractivity contribution in [1.29, 1.82) is 0 Å². The Labute approximate surface area is 130 Å². The van der Waals surface area contributed by atoms with Crippen molar-refractivity contribution >= 4 is 11.9 Å². The summed E-state index contributed by atoms with van der Waals surface area (Å²) in [5.41, 5.74) is 6.00. The minimum atomic E-state index is -0.523. The second kappa shape index (κ2) is 7.77. The van der Waals surface area contributed by atoms with Crippen molar-refractivity contribution < 1.29 is 9.18 Å². The smallest absolute Gasteiger partial charge is 0.254 e. The fourth-order valence-corrected chi connectivity index (χ4v) is 2.42. The summed E-state index contributed by atoms with van der Waals surface area (Å²) in [5, 5.41) is 2.65. The maximum atomic E-state index is 13.4. The van der Waals surface area contributed by atoms with Crippen LogP contribution in [0.4, 0.5) is 4.39 Å². The van der Waals surface area contributed by atoms with E-state index in [1.54, 1.807) is 12.1 Å². The highest BCUT2D eigenvalue weighted by molar-refractivity contribution is 5.94. The number of benzene rings is 1. The minimum Gasteiger partial charge on any atom is -0.370 e. The molecule has 0 radical (unpaired) electrons. The minimum absolute atomic E-state index is 0.0458. The number of halogens is 1. The van der Waals surface area contributed by atoms with Crippen molar-refractivity contribution in [1.82, 2.24) is 10.2 Å². The maximum absolute atomic E-state index is 13.4. The van der Waals surface area contributed by atoms with E-state index in [9.17, 15) is 9.18 Å². The summed E-state index contributed by atoms with van der Waals surface area (Å²) in [4.78, 5) is 18.1. The molecule has 0 saturated carbocycles. The maximum Gasteiger partial charge on any atom is 0.254 e. The van der Waals surface area contributed by atoms with Crippen molar-refractivity contribution in [3.63, 3.8) is 0 Å². The highest BCUT2D eigenvalue weighted by Crippen LogP contribution is 2.15. The number of amides is 1. The van der Waals surface area contributed by atoms with Crippen LogP contribution in [0.3, 0.4) is 0 Å². The van der Waals surface area contributed by atoms with Crippen LogP contribution in [0.15, 0.2) is 29.3 Å². The van der Waals surface area contributed by atoms with E-state index in [-0.39, 0.29) is 5.56 Å². The molecule has 120 valence electrons. The molecule has 0 spiro atoms. The van der Waals surface area contributed by atoms with Crippen molar-refractivity contribution in [2.75, 3.05) is 26.2 Å². The van der Waals surface area contributed by atoms with Gasteiger partial charge in [-0.25, -0.2) is 4.39 Å². The van der Waals surface area contributed by atoms with E-state index in [0.717, 1.165) is 31.8 Å². The third kappa shape index (κ3) is 4.44. The first-order valence-corrected chi connectivity index (χ1v) is 7.65. The molecule has 1 aliphatic rings. The van der Waals surface area contributed by atoms with E-state index in [2.05, 4.69) is 22.1 Å². The largest absolute Gasteiger partial charge is 0.370 e. The number of guanidine groups is 1. The van der Waals surface area contributed by atoms with Gasteiger partial charge in [-0.05, 0) is 30.9 Å². The molecule has 1 heterocycles. The molecule has 0 aliphatic carbocycles. The van der Waals surface area contributed by atoms with Crippen LogP contribution < -0.4 is 11.1 Å². The normalized spacial score (nSPS) is 16.6. The summed E-state index contributed by atoms with van der Waals surface area (Å²) >= 11 is 0. The van der Waals surface area contributed by atoms with E-state index >= 15 is 0 Å². The Kier molecular flexibility index (Phi) is 5.75. The first-order chi connectivity index (χ1) is 10.6. The number of hydrogen-bond acceptors (Lipinski definition) is 2. The lowest BCUT2D eigenvalue weighted by molar-refractivity contribution is 0.0950. The number of nitrogens with zero attached hydrogens (tertiary/aromatic N) is 2. The van der Waals surface area contributed by atoms with Gasteiger partial charge < -0.3 is 16.0 Å². The summed E-state index contributed by atoms with van der Waals surface area (Å²) in [6.45, 7) is 4.81. The van der Waals surface area contributed by atoms with Crippen molar-refractivity contribution in [2.45, 2.75) is 19.8 Å². The number of nitrogens with two attached hydrogens (primary N) is 1. The third-order valence-electron chi connectivity index (χ3n) is 3.90. The van der Waals surface area contributed by atoms with Gasteiger partial charge in [0, 0.05) is 19.6 Å². The second-order valence-electron chi connectivity index (χ2n) is 5.65. The van der Waals surface area contributed by atoms with Crippen LogP contribution in [0.2, 0.25) is 0 Å². The molecular weight excluding hydrogens is 283 g/mol. The van der Waals surface area contributed by atoms with Gasteiger partial charge in [-0.2, -0.15) is 0 Å². The lowest BCUT2D eigenvalue weighted by atomic mass is 10.00. The zero-order valence-corrected chi connectivity index (χ0v) is 12.9. The molecule has 1 fully saturated rings. The quantitative estimate of drug-likeness (QED) is 0.504. The lowest BCUT2D eigenvalue weighted by Crippen LogP contribution is -2.42. The van der Waals surface area contributed by atoms with E-state index in [4.69, 9.17) is 5.73 Å². The highest BCUT2D eigenvalue weighted by atomic mass is 19.1. The van der Waals surface area contributed by atoms with E-state index < -0.39 is 11.7 Å². The topological polar surface area (TPSA) is 70.7 Å². The average molecular weight is 306 g/mol. The van der Waals surface area contributed by atoms with Crippen LogP contribution in [-0.2, 0) is 0 Å². The molecule has 0 atom stereocenters. The number of carbonyl (C=O) groups excluding carboxylic acids is 1. The number of hydrogen-bond donors (Lipinski definition) is 2. The number of likely N-dealkylation sites (tertiary alicyclic amines) is 1. The molecule has 1 saturated heterocycles. The Morgan fingerprint density at radius 3 is 2.77 bits per heavy atom. The van der Waals surface area contributed by atoms with Crippen LogP contribution in [-0.4, -0.2) is 42.9 Å². The van der Waals surface area contributed by atoms with Crippen LogP contribution in [0.5, 0.6) is 0 Å². The Morgan fingerprint density at radius 2 is 2.09 bits per heavy atom. The molecule has 0 bridgehead atoms. The van der Waals surface area contributed by atoms with Crippen LogP contribution >= 0.6 is 0 Å². The van der Waals surface area contributed by atoms with Gasteiger partial charge in [-0.15, -0.1) is 0 Å². The predicted octanol–water partition coefficient (Wildman–Crippen LogP) is 1.60. The summed E-state index contributed by atoms with van der Waals surface area (Å²) in [6.07, 6.45) is 2.25. The Hall–Kier alpha value is -2.11. The van der Waals surface area contributed by atoms with Gasteiger partial charge in [-0.3, -0.25) is 9.79 Å². The molecule has 6 heteroatoms. The second-order valence-corrected chi connectivity index (χ2v) is 5.65. The number of aliphatic imine (C=N–C) groups is 1. The van der Waals surface area contributed by atoms with E-state index in [1.807, 2.05) is 0 Å². The Balaban J connectivity index is 1.75. The summed E-state index contributed by atoms with van der Waals surface area (Å²) < 4.78 is 13.4.